The van der Waals surface area contributed by atoms with Crippen LogP contribution >= 0.6 is 0 Å². The molecule has 0 radical (unpaired) electrons. The van der Waals surface area contributed by atoms with Crippen molar-refractivity contribution < 1.29 is 8.78 Å². The SMILES string of the molecule is CCCCCc1ccc(C#Cc2c(F)c(C#Cc3ccc(CCCCC)cc3)c(C#Cc3ccc(CCCCC)cc3)c(F)c2C#Cc2ccc(CCCCC)cc2)cc1. The highest BCUT2D eigenvalue weighted by molar-refractivity contribution is 5.66. The summed E-state index contributed by atoms with van der Waals surface area (Å²) in [5.41, 5.74) is 7.26. The molecule has 0 atom stereocenters. The number of aryl methyl sites for hydroxylation is 4. The number of rotatable bonds is 16. The van der Waals surface area contributed by atoms with Gasteiger partial charge in [0.2, 0.25) is 0 Å². The van der Waals surface area contributed by atoms with Crippen LogP contribution in [0.3, 0.4) is 0 Å². The van der Waals surface area contributed by atoms with Crippen molar-refractivity contribution in [1.82, 2.24) is 0 Å². The van der Waals surface area contributed by atoms with Gasteiger partial charge in [0.25, 0.3) is 0 Å². The fourth-order valence-corrected chi connectivity index (χ4v) is 7.03. The second-order valence-corrected chi connectivity index (χ2v) is 15.7. The minimum atomic E-state index is -0.727. The lowest BCUT2D eigenvalue weighted by atomic mass is 9.95. The predicted molar refractivity (Wildman–Crippen MR) is 249 cm³/mol. The van der Waals surface area contributed by atoms with E-state index in [2.05, 4.69) is 124 Å². The molecule has 5 rings (SSSR count). The number of hydrogen-bond donors (Lipinski definition) is 0. The Hall–Kier alpha value is -5.80. The highest BCUT2D eigenvalue weighted by atomic mass is 19.1. The average Bonchev–Trinajstić information content (AvgIpc) is 3.27. The van der Waals surface area contributed by atoms with Crippen LogP contribution in [-0.4, -0.2) is 0 Å². The Bertz CT molecular complexity index is 2030. The van der Waals surface area contributed by atoms with Gasteiger partial charge in [-0.1, -0.05) is 175 Å². The van der Waals surface area contributed by atoms with E-state index in [-0.39, 0.29) is 22.3 Å². The van der Waals surface area contributed by atoms with Gasteiger partial charge in [0.1, 0.15) is 0 Å². The van der Waals surface area contributed by atoms with E-state index < -0.39 is 11.6 Å². The molecular weight excluding hydrogens is 735 g/mol. The summed E-state index contributed by atoms with van der Waals surface area (Å²) in [5, 5.41) is 0. The quantitative estimate of drug-likeness (QED) is 0.0689. The van der Waals surface area contributed by atoms with Gasteiger partial charge >= 0.3 is 0 Å². The Morgan fingerprint density at radius 2 is 0.483 bits per heavy atom. The zero-order chi connectivity index (χ0) is 42.4. The lowest BCUT2D eigenvalue weighted by Gasteiger charge is -2.09. The average molecular weight is 795 g/mol. The van der Waals surface area contributed by atoms with E-state index in [0.29, 0.717) is 22.3 Å². The van der Waals surface area contributed by atoms with Gasteiger partial charge in [0.05, 0.1) is 22.3 Å². The minimum Gasteiger partial charge on any atom is -0.204 e. The first-order valence-electron chi connectivity index (χ1n) is 22.4. The maximum atomic E-state index is 17.2. The van der Waals surface area contributed by atoms with Crippen LogP contribution in [0.1, 0.15) is 172 Å². The molecule has 60 heavy (non-hydrogen) atoms. The normalized spacial score (nSPS) is 10.4. The molecule has 0 aliphatic carbocycles. The standard InChI is InChI=1S/C58H60F2/c1-5-9-13-17-45-21-29-49(30-22-45)37-41-53-54(42-38-50-31-23-46(24-32-50)18-14-10-6-2)58(60)56(44-40-52-35-27-48(28-36-52)20-16-12-8-4)55(57(53)59)43-39-51-33-25-47(26-34-51)19-15-11-7-3/h21-36H,5-20H2,1-4H3. The van der Waals surface area contributed by atoms with Gasteiger partial charge in [-0.3, -0.25) is 0 Å². The van der Waals surface area contributed by atoms with Crippen molar-refractivity contribution in [2.24, 2.45) is 0 Å². The summed E-state index contributed by atoms with van der Waals surface area (Å²) in [6.07, 6.45) is 17.9. The zero-order valence-electron chi connectivity index (χ0n) is 36.3. The van der Waals surface area contributed by atoms with Gasteiger partial charge in [0.15, 0.2) is 11.6 Å². The fraction of sp³-hybridized carbons (Fsp3) is 0.345. The third-order valence-electron chi connectivity index (χ3n) is 10.8. The van der Waals surface area contributed by atoms with Gasteiger partial charge in [-0.05, 0) is 122 Å². The van der Waals surface area contributed by atoms with Crippen molar-refractivity contribution in [1.29, 1.82) is 0 Å². The number of halogens is 2. The van der Waals surface area contributed by atoms with Gasteiger partial charge in [-0.2, -0.15) is 0 Å². The monoisotopic (exact) mass is 794 g/mol. The first kappa shape index (κ1) is 45.3. The Balaban J connectivity index is 1.62. The molecule has 0 aromatic heterocycles. The molecule has 0 spiro atoms. The topological polar surface area (TPSA) is 0 Å². The fourth-order valence-electron chi connectivity index (χ4n) is 7.03. The summed E-state index contributed by atoms with van der Waals surface area (Å²) >= 11 is 0. The number of unbranched alkanes of at least 4 members (excludes halogenated alkanes) is 8. The predicted octanol–water partition coefficient (Wildman–Crippen LogP) is 14.5. The number of hydrogen-bond acceptors (Lipinski definition) is 0. The third kappa shape index (κ3) is 14.2. The van der Waals surface area contributed by atoms with E-state index in [1.165, 1.54) is 47.9 Å². The highest BCUT2D eigenvalue weighted by Crippen LogP contribution is 2.26. The maximum absolute atomic E-state index is 17.2. The van der Waals surface area contributed by atoms with Gasteiger partial charge < -0.3 is 0 Å². The first-order valence-corrected chi connectivity index (χ1v) is 22.4. The van der Waals surface area contributed by atoms with Crippen LogP contribution in [0.15, 0.2) is 97.1 Å². The van der Waals surface area contributed by atoms with E-state index in [1.54, 1.807) is 0 Å². The van der Waals surface area contributed by atoms with Crippen molar-refractivity contribution in [3.63, 3.8) is 0 Å². The zero-order valence-corrected chi connectivity index (χ0v) is 36.3. The van der Waals surface area contributed by atoms with Crippen LogP contribution < -0.4 is 0 Å². The van der Waals surface area contributed by atoms with Crippen LogP contribution in [0.2, 0.25) is 0 Å². The van der Waals surface area contributed by atoms with Crippen molar-refractivity contribution in [3.05, 3.63) is 175 Å². The lowest BCUT2D eigenvalue weighted by Crippen LogP contribution is -2.05. The lowest BCUT2D eigenvalue weighted by molar-refractivity contribution is 0.588. The van der Waals surface area contributed by atoms with Gasteiger partial charge in [-0.25, -0.2) is 8.78 Å². The molecule has 0 bridgehead atoms. The Kier molecular flexibility index (Phi) is 18.8. The summed E-state index contributed by atoms with van der Waals surface area (Å²) in [7, 11) is 0. The molecule has 0 unspecified atom stereocenters. The van der Waals surface area contributed by atoms with Crippen molar-refractivity contribution in [2.75, 3.05) is 0 Å². The Morgan fingerprint density at radius 3 is 0.667 bits per heavy atom. The molecule has 0 saturated carbocycles. The molecule has 0 amide bonds. The van der Waals surface area contributed by atoms with Crippen LogP contribution in [-0.2, 0) is 25.7 Å². The molecule has 2 heteroatoms. The molecule has 5 aromatic carbocycles. The molecule has 306 valence electrons. The van der Waals surface area contributed by atoms with Crippen LogP contribution in [0, 0.1) is 59.0 Å². The Morgan fingerprint density at radius 1 is 0.283 bits per heavy atom. The molecule has 0 heterocycles. The molecule has 0 nitrogen and oxygen atoms in total. The smallest absolute Gasteiger partial charge is 0.157 e. The third-order valence-corrected chi connectivity index (χ3v) is 10.8. The summed E-state index contributed by atoms with van der Waals surface area (Å²) < 4.78 is 34.4. The van der Waals surface area contributed by atoms with E-state index in [0.717, 1.165) is 77.0 Å². The van der Waals surface area contributed by atoms with Crippen LogP contribution in [0.4, 0.5) is 8.78 Å². The van der Waals surface area contributed by atoms with Gasteiger partial charge in [0, 0.05) is 22.3 Å². The van der Waals surface area contributed by atoms with Crippen LogP contribution in [0.25, 0.3) is 0 Å². The second kappa shape index (κ2) is 25.0. The second-order valence-electron chi connectivity index (χ2n) is 15.7. The van der Waals surface area contributed by atoms with Crippen molar-refractivity contribution in [3.8, 4) is 47.4 Å². The van der Waals surface area contributed by atoms with E-state index in [1.807, 2.05) is 48.5 Å². The molecule has 0 saturated heterocycles. The first-order chi connectivity index (χ1) is 29.4. The largest absolute Gasteiger partial charge is 0.204 e. The van der Waals surface area contributed by atoms with E-state index in [4.69, 9.17) is 0 Å². The summed E-state index contributed by atoms with van der Waals surface area (Å²) in [5.74, 6) is 23.0. The van der Waals surface area contributed by atoms with Gasteiger partial charge in [-0.15, -0.1) is 0 Å². The van der Waals surface area contributed by atoms with E-state index in [9.17, 15) is 0 Å². The number of benzene rings is 5. The van der Waals surface area contributed by atoms with Crippen molar-refractivity contribution >= 4 is 0 Å². The van der Waals surface area contributed by atoms with Crippen LogP contribution in [0.5, 0.6) is 0 Å². The maximum Gasteiger partial charge on any atom is 0.157 e. The molecule has 0 aliphatic rings. The molecule has 0 fully saturated rings. The molecule has 0 N–H and O–H groups in total. The molecule has 5 aromatic rings. The minimum absolute atomic E-state index is 0.124. The highest BCUT2D eigenvalue weighted by Gasteiger charge is 2.22. The molecular formula is C58H60F2. The molecule has 0 aliphatic heterocycles. The summed E-state index contributed by atoms with van der Waals surface area (Å²) in [6, 6.07) is 32.0. The Labute approximate surface area is 360 Å². The summed E-state index contributed by atoms with van der Waals surface area (Å²) in [6.45, 7) is 8.78. The van der Waals surface area contributed by atoms with E-state index >= 15 is 8.78 Å². The summed E-state index contributed by atoms with van der Waals surface area (Å²) in [4.78, 5) is 0. The van der Waals surface area contributed by atoms with Crippen molar-refractivity contribution in [2.45, 2.75) is 130 Å².